The number of anilines is 1. The Labute approximate surface area is 164 Å². The van der Waals surface area contributed by atoms with Gasteiger partial charge in [0.2, 0.25) is 5.91 Å². The van der Waals surface area contributed by atoms with Crippen LogP contribution in [-0.4, -0.2) is 45.9 Å². The summed E-state index contributed by atoms with van der Waals surface area (Å²) in [5.41, 5.74) is 7.31. The molecule has 0 unspecified atom stereocenters. The summed E-state index contributed by atoms with van der Waals surface area (Å²) in [6.45, 7) is 1.68. The van der Waals surface area contributed by atoms with Gasteiger partial charge >= 0.3 is 5.69 Å². The van der Waals surface area contributed by atoms with Gasteiger partial charge in [-0.15, -0.1) is 11.3 Å². The van der Waals surface area contributed by atoms with E-state index in [0.29, 0.717) is 10.6 Å². The summed E-state index contributed by atoms with van der Waals surface area (Å²) in [4.78, 5) is 41.0. The van der Waals surface area contributed by atoms with E-state index in [2.05, 4.69) is 15.2 Å². The molecule has 4 rings (SSSR count). The number of aromatic nitrogens is 2. The largest absolute Gasteiger partial charge is 0.366 e. The van der Waals surface area contributed by atoms with Crippen LogP contribution in [-0.2, 0) is 4.79 Å². The van der Waals surface area contributed by atoms with E-state index in [-0.39, 0.29) is 24.2 Å². The van der Waals surface area contributed by atoms with Crippen LogP contribution in [0.1, 0.15) is 29.2 Å². The molecule has 2 amide bonds. The van der Waals surface area contributed by atoms with E-state index < -0.39 is 5.91 Å². The lowest BCUT2D eigenvalue weighted by molar-refractivity contribution is -0.117. The van der Waals surface area contributed by atoms with Crippen LogP contribution in [0.15, 0.2) is 40.5 Å². The molecule has 4 N–H and O–H groups in total. The lowest BCUT2D eigenvalue weighted by atomic mass is 10.0. The number of H-pyrrole nitrogens is 1. The SMILES string of the molecule is NC(=O)c1ccsc1NC(=O)CN1CCC(n2c(=O)[nH]c3ccccc32)CC1. The lowest BCUT2D eigenvalue weighted by Gasteiger charge is -2.32. The number of hydrogen-bond acceptors (Lipinski definition) is 5. The Morgan fingerprint density at radius 1 is 1.21 bits per heavy atom. The molecule has 9 heteroatoms. The van der Waals surface area contributed by atoms with Crippen LogP contribution < -0.4 is 16.7 Å². The van der Waals surface area contributed by atoms with Crippen LogP contribution in [0.2, 0.25) is 0 Å². The number of benzene rings is 1. The molecule has 8 nitrogen and oxygen atoms in total. The second-order valence-electron chi connectivity index (χ2n) is 6.90. The molecule has 3 heterocycles. The number of nitrogens with one attached hydrogen (secondary N) is 2. The van der Waals surface area contributed by atoms with Gasteiger partial charge in [0.15, 0.2) is 0 Å². The minimum absolute atomic E-state index is 0.0888. The molecule has 2 aromatic heterocycles. The first kappa shape index (κ1) is 18.5. The monoisotopic (exact) mass is 399 g/mol. The smallest absolute Gasteiger partial charge is 0.326 e. The van der Waals surface area contributed by atoms with Crippen molar-refractivity contribution in [2.24, 2.45) is 5.73 Å². The number of hydrogen-bond donors (Lipinski definition) is 3. The fourth-order valence-corrected chi connectivity index (χ4v) is 4.55. The number of rotatable bonds is 5. The molecule has 0 radical (unpaired) electrons. The van der Waals surface area contributed by atoms with Crippen molar-refractivity contribution >= 4 is 39.2 Å². The topological polar surface area (TPSA) is 113 Å². The molecule has 1 saturated heterocycles. The second-order valence-corrected chi connectivity index (χ2v) is 7.82. The molecule has 0 bridgehead atoms. The van der Waals surface area contributed by atoms with Crippen molar-refractivity contribution in [3.63, 3.8) is 0 Å². The summed E-state index contributed by atoms with van der Waals surface area (Å²) in [6.07, 6.45) is 1.58. The predicted molar refractivity (Wildman–Crippen MR) is 109 cm³/mol. The summed E-state index contributed by atoms with van der Waals surface area (Å²) in [7, 11) is 0. The molecule has 1 aromatic carbocycles. The normalized spacial score (nSPS) is 15.7. The Bertz CT molecular complexity index is 1070. The number of nitrogens with two attached hydrogens (primary N) is 1. The number of primary amides is 1. The van der Waals surface area contributed by atoms with E-state index in [9.17, 15) is 14.4 Å². The highest BCUT2D eigenvalue weighted by atomic mass is 32.1. The predicted octanol–water partition coefficient (Wildman–Crippen LogP) is 1.77. The number of piperidine rings is 1. The standard InChI is InChI=1S/C19H21N5O3S/c20-17(26)13-7-10-28-18(13)22-16(25)11-23-8-5-12(6-9-23)24-15-4-2-1-3-14(15)21-19(24)27/h1-4,7,10,12H,5-6,8-9,11H2,(H2,20,26)(H,21,27)(H,22,25). The third-order valence-electron chi connectivity index (χ3n) is 5.10. The summed E-state index contributed by atoms with van der Waals surface area (Å²) >= 11 is 1.28. The van der Waals surface area contributed by atoms with Crippen molar-refractivity contribution < 1.29 is 9.59 Å². The molecule has 146 valence electrons. The number of thiophene rings is 1. The highest BCUT2D eigenvalue weighted by molar-refractivity contribution is 7.14. The van der Waals surface area contributed by atoms with Gasteiger partial charge in [-0.05, 0) is 36.4 Å². The summed E-state index contributed by atoms with van der Waals surface area (Å²) in [5, 5.41) is 4.97. The molecule has 0 saturated carbocycles. The van der Waals surface area contributed by atoms with E-state index in [1.54, 1.807) is 11.4 Å². The van der Waals surface area contributed by atoms with Crippen LogP contribution in [0.3, 0.4) is 0 Å². The number of amides is 2. The number of aromatic amines is 1. The van der Waals surface area contributed by atoms with Crippen molar-refractivity contribution in [1.29, 1.82) is 0 Å². The van der Waals surface area contributed by atoms with Crippen LogP contribution in [0.25, 0.3) is 11.0 Å². The van der Waals surface area contributed by atoms with E-state index in [0.717, 1.165) is 37.0 Å². The third kappa shape index (κ3) is 3.58. The fraction of sp³-hybridized carbons (Fsp3) is 0.316. The highest BCUT2D eigenvalue weighted by Crippen LogP contribution is 2.25. The molecule has 1 aliphatic rings. The number of carbonyl (C=O) groups excluding carboxylic acids is 2. The minimum atomic E-state index is -0.554. The van der Waals surface area contributed by atoms with E-state index in [1.165, 1.54) is 11.3 Å². The van der Waals surface area contributed by atoms with Gasteiger partial charge < -0.3 is 16.0 Å². The zero-order valence-electron chi connectivity index (χ0n) is 15.2. The Morgan fingerprint density at radius 2 is 1.96 bits per heavy atom. The van der Waals surface area contributed by atoms with Gasteiger partial charge in [0.05, 0.1) is 23.1 Å². The van der Waals surface area contributed by atoms with E-state index in [4.69, 9.17) is 5.73 Å². The number of nitrogens with zero attached hydrogens (tertiary/aromatic N) is 2. The zero-order valence-corrected chi connectivity index (χ0v) is 16.0. The molecule has 0 atom stereocenters. The molecule has 1 aliphatic heterocycles. The number of carbonyl (C=O) groups is 2. The number of likely N-dealkylation sites (tertiary alicyclic amines) is 1. The summed E-state index contributed by atoms with van der Waals surface area (Å²) in [5.74, 6) is -0.728. The van der Waals surface area contributed by atoms with Crippen molar-refractivity contribution in [3.8, 4) is 0 Å². The van der Waals surface area contributed by atoms with Gasteiger partial charge in [0, 0.05) is 19.1 Å². The molecule has 3 aromatic rings. The first-order valence-electron chi connectivity index (χ1n) is 9.11. The van der Waals surface area contributed by atoms with Crippen LogP contribution >= 0.6 is 11.3 Å². The number of fused-ring (bicyclic) bond motifs is 1. The van der Waals surface area contributed by atoms with E-state index >= 15 is 0 Å². The van der Waals surface area contributed by atoms with Crippen molar-refractivity contribution in [1.82, 2.24) is 14.5 Å². The van der Waals surface area contributed by atoms with Gasteiger partial charge in [-0.1, -0.05) is 12.1 Å². The average molecular weight is 399 g/mol. The molecule has 28 heavy (non-hydrogen) atoms. The highest BCUT2D eigenvalue weighted by Gasteiger charge is 2.25. The second kappa shape index (κ2) is 7.61. The summed E-state index contributed by atoms with van der Waals surface area (Å²) in [6, 6.07) is 9.40. The summed E-state index contributed by atoms with van der Waals surface area (Å²) < 4.78 is 1.83. The third-order valence-corrected chi connectivity index (χ3v) is 5.93. The minimum Gasteiger partial charge on any atom is -0.366 e. The molecule has 0 aliphatic carbocycles. The van der Waals surface area contributed by atoms with Gasteiger partial charge in [0.1, 0.15) is 5.00 Å². The zero-order chi connectivity index (χ0) is 19.7. The maximum Gasteiger partial charge on any atom is 0.326 e. The number of imidazole rings is 1. The molecule has 0 spiro atoms. The molecule has 1 fully saturated rings. The Hall–Kier alpha value is -2.91. The van der Waals surface area contributed by atoms with E-state index in [1.807, 2.05) is 28.8 Å². The quantitative estimate of drug-likeness (QED) is 0.607. The lowest BCUT2D eigenvalue weighted by Crippen LogP contribution is -2.41. The molecular weight excluding hydrogens is 378 g/mol. The maximum absolute atomic E-state index is 12.4. The Morgan fingerprint density at radius 3 is 2.71 bits per heavy atom. The average Bonchev–Trinajstić information content (AvgIpc) is 3.26. The first-order valence-corrected chi connectivity index (χ1v) is 9.99. The van der Waals surface area contributed by atoms with Crippen LogP contribution in [0.5, 0.6) is 0 Å². The van der Waals surface area contributed by atoms with Gasteiger partial charge in [-0.2, -0.15) is 0 Å². The van der Waals surface area contributed by atoms with Gasteiger partial charge in [-0.25, -0.2) is 4.79 Å². The van der Waals surface area contributed by atoms with Crippen LogP contribution in [0, 0.1) is 0 Å². The van der Waals surface area contributed by atoms with Gasteiger partial charge in [-0.3, -0.25) is 19.1 Å². The fourth-order valence-electron chi connectivity index (χ4n) is 3.74. The van der Waals surface area contributed by atoms with Crippen molar-refractivity contribution in [2.45, 2.75) is 18.9 Å². The van der Waals surface area contributed by atoms with Gasteiger partial charge in [0.25, 0.3) is 5.91 Å². The van der Waals surface area contributed by atoms with Crippen molar-refractivity contribution in [2.75, 3.05) is 25.0 Å². The van der Waals surface area contributed by atoms with Crippen LogP contribution in [0.4, 0.5) is 5.00 Å². The van der Waals surface area contributed by atoms with Crippen molar-refractivity contribution in [3.05, 3.63) is 51.8 Å². The maximum atomic E-state index is 12.4. The Kier molecular flexibility index (Phi) is 5.01. The number of para-hydroxylation sites is 2. The first-order chi connectivity index (χ1) is 13.5. The molecular formula is C19H21N5O3S. The Balaban J connectivity index is 1.37.